The fourth-order valence-electron chi connectivity index (χ4n) is 1.52. The summed E-state index contributed by atoms with van der Waals surface area (Å²) < 4.78 is 38.7. The van der Waals surface area contributed by atoms with E-state index in [-0.39, 0.29) is 13.1 Å². The van der Waals surface area contributed by atoms with E-state index < -0.39 is 33.9 Å². The van der Waals surface area contributed by atoms with Crippen molar-refractivity contribution in [2.24, 2.45) is 0 Å². The van der Waals surface area contributed by atoms with E-state index in [9.17, 15) is 12.8 Å². The molecule has 7 heteroatoms. The third-order valence-corrected chi connectivity index (χ3v) is 4.32. The van der Waals surface area contributed by atoms with Gasteiger partial charge >= 0.3 is 0 Å². The second-order valence-corrected chi connectivity index (χ2v) is 5.69. The summed E-state index contributed by atoms with van der Waals surface area (Å²) in [6, 6.07) is 3.78. The van der Waals surface area contributed by atoms with Crippen LogP contribution < -0.4 is 0 Å². The third-order valence-electron chi connectivity index (χ3n) is 2.40. The van der Waals surface area contributed by atoms with Crippen molar-refractivity contribution in [1.29, 1.82) is 0 Å². The highest BCUT2D eigenvalue weighted by Crippen LogP contribution is 2.20. The smallest absolute Gasteiger partial charge is 0.246 e. The second kappa shape index (κ2) is 6.24. The van der Waals surface area contributed by atoms with Gasteiger partial charge in [-0.25, -0.2) is 12.8 Å². The van der Waals surface area contributed by atoms with E-state index in [1.165, 1.54) is 12.1 Å². The lowest BCUT2D eigenvalue weighted by Crippen LogP contribution is -2.36. The molecule has 1 aromatic rings. The Morgan fingerprint density at radius 3 is 2.28 bits per heavy atom. The molecule has 0 radical (unpaired) electrons. The molecule has 0 heterocycles. The molecule has 0 aliphatic carbocycles. The maximum Gasteiger partial charge on any atom is 0.246 e. The summed E-state index contributed by atoms with van der Waals surface area (Å²) in [4.78, 5) is -0.440. The SMILES string of the molecule is Cc1ccc(F)c(S(=O)(=O)N(CCO)CCO)c1. The molecule has 0 aliphatic heterocycles. The molecule has 0 aromatic heterocycles. The molecule has 0 fully saturated rings. The van der Waals surface area contributed by atoms with Crippen molar-refractivity contribution in [2.45, 2.75) is 11.8 Å². The summed E-state index contributed by atoms with van der Waals surface area (Å²) in [5.74, 6) is -0.846. The van der Waals surface area contributed by atoms with Crippen LogP contribution in [0.1, 0.15) is 5.56 Å². The maximum atomic E-state index is 13.6. The highest BCUT2D eigenvalue weighted by Gasteiger charge is 2.26. The number of hydrogen-bond acceptors (Lipinski definition) is 4. The Morgan fingerprint density at radius 2 is 1.78 bits per heavy atom. The molecule has 0 atom stereocenters. The van der Waals surface area contributed by atoms with Gasteiger partial charge in [0, 0.05) is 13.1 Å². The summed E-state index contributed by atoms with van der Waals surface area (Å²) in [5, 5.41) is 17.6. The van der Waals surface area contributed by atoms with Crippen LogP contribution in [0.3, 0.4) is 0 Å². The van der Waals surface area contributed by atoms with E-state index in [2.05, 4.69) is 0 Å². The Kier molecular flexibility index (Phi) is 5.21. The van der Waals surface area contributed by atoms with Crippen molar-refractivity contribution in [3.63, 3.8) is 0 Å². The first-order chi connectivity index (χ1) is 8.43. The Labute approximate surface area is 106 Å². The van der Waals surface area contributed by atoms with Crippen molar-refractivity contribution in [3.8, 4) is 0 Å². The Morgan fingerprint density at radius 1 is 1.22 bits per heavy atom. The van der Waals surface area contributed by atoms with Crippen LogP contribution in [-0.4, -0.2) is 49.2 Å². The second-order valence-electron chi connectivity index (χ2n) is 3.79. The molecule has 0 saturated heterocycles. The molecule has 0 saturated carbocycles. The standard InChI is InChI=1S/C11H16FNO4S/c1-9-2-3-10(12)11(8-9)18(16,17)13(4-6-14)5-7-15/h2-3,8,14-15H,4-7H2,1H3. The number of aryl methyl sites for hydroxylation is 1. The molecule has 0 spiro atoms. The minimum Gasteiger partial charge on any atom is -0.395 e. The predicted octanol–water partition coefficient (Wildman–Crippen LogP) is 0.109. The Bertz CT molecular complexity index is 498. The van der Waals surface area contributed by atoms with Crippen molar-refractivity contribution < 1.29 is 23.0 Å². The molecular weight excluding hydrogens is 261 g/mol. The van der Waals surface area contributed by atoms with Gasteiger partial charge in [-0.3, -0.25) is 0 Å². The van der Waals surface area contributed by atoms with E-state index in [0.717, 1.165) is 10.4 Å². The molecule has 0 unspecified atom stereocenters. The number of rotatable bonds is 6. The lowest BCUT2D eigenvalue weighted by Gasteiger charge is -2.20. The van der Waals surface area contributed by atoms with Crippen LogP contribution in [0.25, 0.3) is 0 Å². The van der Waals surface area contributed by atoms with Gasteiger partial charge in [0.25, 0.3) is 0 Å². The topological polar surface area (TPSA) is 77.8 Å². The highest BCUT2D eigenvalue weighted by molar-refractivity contribution is 7.89. The van der Waals surface area contributed by atoms with Gasteiger partial charge in [-0.1, -0.05) is 6.07 Å². The molecular formula is C11H16FNO4S. The van der Waals surface area contributed by atoms with E-state index in [1.54, 1.807) is 6.92 Å². The van der Waals surface area contributed by atoms with E-state index in [4.69, 9.17) is 10.2 Å². The number of nitrogens with zero attached hydrogens (tertiary/aromatic N) is 1. The summed E-state index contributed by atoms with van der Waals surface area (Å²) in [6.45, 7) is 0.493. The summed E-state index contributed by atoms with van der Waals surface area (Å²) in [6.07, 6.45) is 0. The van der Waals surface area contributed by atoms with Gasteiger partial charge in [0.2, 0.25) is 10.0 Å². The van der Waals surface area contributed by atoms with Crippen LogP contribution in [0, 0.1) is 12.7 Å². The number of aliphatic hydroxyl groups is 2. The molecule has 102 valence electrons. The molecule has 5 nitrogen and oxygen atoms in total. The van der Waals surface area contributed by atoms with Gasteiger partial charge in [0.05, 0.1) is 13.2 Å². The zero-order valence-corrected chi connectivity index (χ0v) is 10.8. The Balaban J connectivity index is 3.21. The number of sulfonamides is 1. The minimum atomic E-state index is -4.04. The quantitative estimate of drug-likeness (QED) is 0.773. The molecule has 0 bridgehead atoms. The average molecular weight is 277 g/mol. The summed E-state index contributed by atoms with van der Waals surface area (Å²) in [5.41, 5.74) is 0.614. The van der Waals surface area contributed by atoms with Gasteiger partial charge in [-0.2, -0.15) is 4.31 Å². The lowest BCUT2D eigenvalue weighted by atomic mass is 10.2. The van der Waals surface area contributed by atoms with Crippen molar-refractivity contribution in [2.75, 3.05) is 26.3 Å². The monoisotopic (exact) mass is 277 g/mol. The van der Waals surface area contributed by atoms with E-state index >= 15 is 0 Å². The normalized spacial score (nSPS) is 12.1. The maximum absolute atomic E-state index is 13.6. The van der Waals surface area contributed by atoms with Gasteiger partial charge in [0.15, 0.2) is 0 Å². The van der Waals surface area contributed by atoms with E-state index in [1.807, 2.05) is 0 Å². The third kappa shape index (κ3) is 3.26. The molecule has 1 rings (SSSR count). The molecule has 1 aromatic carbocycles. The first-order valence-electron chi connectivity index (χ1n) is 5.41. The zero-order chi connectivity index (χ0) is 13.8. The van der Waals surface area contributed by atoms with Crippen LogP contribution in [0.5, 0.6) is 0 Å². The lowest BCUT2D eigenvalue weighted by molar-refractivity contribution is 0.217. The zero-order valence-electron chi connectivity index (χ0n) is 10.0. The molecule has 2 N–H and O–H groups in total. The van der Waals surface area contributed by atoms with Crippen molar-refractivity contribution in [3.05, 3.63) is 29.6 Å². The van der Waals surface area contributed by atoms with E-state index in [0.29, 0.717) is 5.56 Å². The van der Waals surface area contributed by atoms with Crippen molar-refractivity contribution in [1.82, 2.24) is 4.31 Å². The largest absolute Gasteiger partial charge is 0.395 e. The molecule has 18 heavy (non-hydrogen) atoms. The van der Waals surface area contributed by atoms with Crippen LogP contribution in [0.4, 0.5) is 4.39 Å². The number of aliphatic hydroxyl groups excluding tert-OH is 2. The Hall–Kier alpha value is -1.02. The minimum absolute atomic E-state index is 0.184. The fourth-order valence-corrected chi connectivity index (χ4v) is 3.09. The van der Waals surface area contributed by atoms with Gasteiger partial charge in [-0.05, 0) is 24.6 Å². The molecule has 0 aliphatic rings. The van der Waals surface area contributed by atoms with Gasteiger partial charge in [0.1, 0.15) is 10.7 Å². The number of hydrogen-bond donors (Lipinski definition) is 2. The van der Waals surface area contributed by atoms with Crippen LogP contribution >= 0.6 is 0 Å². The van der Waals surface area contributed by atoms with Crippen molar-refractivity contribution >= 4 is 10.0 Å². The van der Waals surface area contributed by atoms with Gasteiger partial charge in [-0.15, -0.1) is 0 Å². The summed E-state index contributed by atoms with van der Waals surface area (Å²) >= 11 is 0. The molecule has 0 amide bonds. The highest BCUT2D eigenvalue weighted by atomic mass is 32.2. The predicted molar refractivity (Wildman–Crippen MR) is 64.1 cm³/mol. The van der Waals surface area contributed by atoms with Crippen LogP contribution in [0.2, 0.25) is 0 Å². The summed E-state index contributed by atoms with van der Waals surface area (Å²) in [7, 11) is -4.04. The van der Waals surface area contributed by atoms with Crippen LogP contribution in [0.15, 0.2) is 23.1 Å². The van der Waals surface area contributed by atoms with Crippen LogP contribution in [-0.2, 0) is 10.0 Å². The average Bonchev–Trinajstić information content (AvgIpc) is 2.32. The first kappa shape index (κ1) is 15.0. The number of benzene rings is 1. The fraction of sp³-hybridized carbons (Fsp3) is 0.455. The number of halogens is 1. The van der Waals surface area contributed by atoms with Gasteiger partial charge < -0.3 is 10.2 Å². The first-order valence-corrected chi connectivity index (χ1v) is 6.85.